The molecule has 0 unspecified atom stereocenters. The highest BCUT2D eigenvalue weighted by molar-refractivity contribution is 5.87. The Hall–Kier alpha value is -3.08. The predicted octanol–water partition coefficient (Wildman–Crippen LogP) is 4.00. The molecule has 0 atom stereocenters. The summed E-state index contributed by atoms with van der Waals surface area (Å²) in [6.45, 7) is 2.03. The molecule has 2 heterocycles. The lowest BCUT2D eigenvalue weighted by Crippen LogP contribution is -2.00. The van der Waals surface area contributed by atoms with E-state index in [1.54, 1.807) is 30.5 Å². The molecule has 0 saturated heterocycles. The van der Waals surface area contributed by atoms with Gasteiger partial charge in [0.2, 0.25) is 5.76 Å². The van der Waals surface area contributed by atoms with Gasteiger partial charge < -0.3 is 13.7 Å². The molecular formula is C18H15NO4. The lowest BCUT2D eigenvalue weighted by atomic mass is 10.1. The molecule has 0 N–H and O–H groups in total. The molecule has 2 aromatic heterocycles. The number of rotatable bonds is 5. The summed E-state index contributed by atoms with van der Waals surface area (Å²) in [5.74, 6) is 0.641. The van der Waals surface area contributed by atoms with Crippen LogP contribution >= 0.6 is 0 Å². The van der Waals surface area contributed by atoms with E-state index < -0.39 is 5.97 Å². The summed E-state index contributed by atoms with van der Waals surface area (Å²) in [6, 6.07) is 13.0. The minimum Gasteiger partial charge on any atom is -0.461 e. The van der Waals surface area contributed by atoms with E-state index in [1.807, 2.05) is 31.2 Å². The van der Waals surface area contributed by atoms with Crippen LogP contribution in [-0.2, 0) is 16.1 Å². The van der Waals surface area contributed by atoms with Crippen LogP contribution in [-0.4, -0.2) is 11.1 Å². The summed E-state index contributed by atoms with van der Waals surface area (Å²) in [7, 11) is 0. The van der Waals surface area contributed by atoms with Crippen molar-refractivity contribution in [2.24, 2.45) is 0 Å². The Morgan fingerprint density at radius 2 is 2.09 bits per heavy atom. The number of hydrogen-bond acceptors (Lipinski definition) is 5. The van der Waals surface area contributed by atoms with Crippen LogP contribution in [0.15, 0.2) is 63.7 Å². The number of furan rings is 1. The lowest BCUT2D eigenvalue weighted by molar-refractivity contribution is -0.139. The molecule has 0 amide bonds. The fraction of sp³-hybridized carbons (Fsp3) is 0.111. The summed E-state index contributed by atoms with van der Waals surface area (Å²) < 4.78 is 15.5. The van der Waals surface area contributed by atoms with Gasteiger partial charge in [0.25, 0.3) is 0 Å². The molecular weight excluding hydrogens is 294 g/mol. The van der Waals surface area contributed by atoms with Crippen LogP contribution in [0.25, 0.3) is 17.6 Å². The smallest absolute Gasteiger partial charge is 0.331 e. The molecule has 0 spiro atoms. The Morgan fingerprint density at radius 1 is 1.22 bits per heavy atom. The summed E-state index contributed by atoms with van der Waals surface area (Å²) in [5, 5.41) is 3.84. The van der Waals surface area contributed by atoms with E-state index in [9.17, 15) is 4.79 Å². The van der Waals surface area contributed by atoms with E-state index >= 15 is 0 Å². The van der Waals surface area contributed by atoms with E-state index in [0.29, 0.717) is 17.2 Å². The van der Waals surface area contributed by atoms with Crippen molar-refractivity contribution in [1.29, 1.82) is 0 Å². The van der Waals surface area contributed by atoms with E-state index in [0.717, 1.165) is 11.1 Å². The van der Waals surface area contributed by atoms with Gasteiger partial charge in [0.1, 0.15) is 12.3 Å². The first-order valence-corrected chi connectivity index (χ1v) is 7.12. The first kappa shape index (κ1) is 14.8. The van der Waals surface area contributed by atoms with Crippen molar-refractivity contribution in [2.45, 2.75) is 13.5 Å². The van der Waals surface area contributed by atoms with Gasteiger partial charge in [-0.15, -0.1) is 0 Å². The number of hydrogen-bond donors (Lipinski definition) is 0. The second kappa shape index (κ2) is 6.79. The highest BCUT2D eigenvalue weighted by atomic mass is 16.5. The normalized spacial score (nSPS) is 11.0. The van der Waals surface area contributed by atoms with Crippen LogP contribution in [0.2, 0.25) is 0 Å². The van der Waals surface area contributed by atoms with Crippen molar-refractivity contribution in [3.8, 4) is 11.5 Å². The minimum atomic E-state index is -0.434. The molecule has 0 saturated carbocycles. The predicted molar refractivity (Wildman–Crippen MR) is 84.2 cm³/mol. The third kappa shape index (κ3) is 3.77. The molecule has 0 radical (unpaired) electrons. The number of esters is 1. The van der Waals surface area contributed by atoms with Crippen LogP contribution in [0, 0.1) is 6.92 Å². The fourth-order valence-corrected chi connectivity index (χ4v) is 2.04. The zero-order valence-electron chi connectivity index (χ0n) is 12.6. The Balaban J connectivity index is 1.56. The maximum Gasteiger partial charge on any atom is 0.331 e. The molecule has 0 aliphatic carbocycles. The maximum atomic E-state index is 11.8. The van der Waals surface area contributed by atoms with E-state index in [-0.39, 0.29) is 6.61 Å². The molecule has 0 aliphatic heterocycles. The summed E-state index contributed by atoms with van der Waals surface area (Å²) in [5.41, 5.74) is 2.59. The van der Waals surface area contributed by atoms with Gasteiger partial charge in [-0.2, -0.15) is 0 Å². The van der Waals surface area contributed by atoms with E-state index in [1.165, 1.54) is 6.08 Å². The third-order valence-corrected chi connectivity index (χ3v) is 3.27. The fourth-order valence-electron chi connectivity index (χ4n) is 2.04. The summed E-state index contributed by atoms with van der Waals surface area (Å²) in [6.07, 6.45) is 4.68. The van der Waals surface area contributed by atoms with E-state index in [2.05, 4.69) is 5.16 Å². The van der Waals surface area contributed by atoms with E-state index in [4.69, 9.17) is 13.7 Å². The van der Waals surface area contributed by atoms with Crippen molar-refractivity contribution < 1.29 is 18.5 Å². The largest absolute Gasteiger partial charge is 0.461 e. The van der Waals surface area contributed by atoms with Crippen LogP contribution in [0.4, 0.5) is 0 Å². The molecule has 116 valence electrons. The van der Waals surface area contributed by atoms with Gasteiger partial charge in [0, 0.05) is 12.1 Å². The number of aryl methyl sites for hydroxylation is 1. The molecule has 0 aliphatic rings. The highest BCUT2D eigenvalue weighted by Gasteiger charge is 2.10. The quantitative estimate of drug-likeness (QED) is 0.526. The van der Waals surface area contributed by atoms with Crippen molar-refractivity contribution in [1.82, 2.24) is 5.16 Å². The van der Waals surface area contributed by atoms with Gasteiger partial charge in [-0.25, -0.2) is 4.79 Å². The molecule has 0 fully saturated rings. The highest BCUT2D eigenvalue weighted by Crippen LogP contribution is 2.20. The minimum absolute atomic E-state index is 0.0428. The SMILES string of the molecule is Cc1ccccc1/C=C/C(=O)OCc1cc(-c2ccco2)on1. The number of ether oxygens (including phenoxy) is 1. The average Bonchev–Trinajstić information content (AvgIpc) is 3.23. The second-order valence-corrected chi connectivity index (χ2v) is 4.96. The zero-order valence-corrected chi connectivity index (χ0v) is 12.6. The number of aromatic nitrogens is 1. The number of nitrogens with zero attached hydrogens (tertiary/aromatic N) is 1. The van der Waals surface area contributed by atoms with Crippen molar-refractivity contribution in [3.63, 3.8) is 0 Å². The monoisotopic (exact) mass is 309 g/mol. The Bertz CT molecular complexity index is 815. The van der Waals surface area contributed by atoms with Gasteiger partial charge in [0.15, 0.2) is 5.76 Å². The molecule has 3 rings (SSSR count). The zero-order chi connectivity index (χ0) is 16.1. The maximum absolute atomic E-state index is 11.8. The average molecular weight is 309 g/mol. The van der Waals surface area contributed by atoms with Crippen molar-refractivity contribution in [3.05, 3.63) is 71.6 Å². The molecule has 0 bridgehead atoms. The van der Waals surface area contributed by atoms with Crippen LogP contribution in [0.3, 0.4) is 0 Å². The van der Waals surface area contributed by atoms with Crippen molar-refractivity contribution in [2.75, 3.05) is 0 Å². The standard InChI is InChI=1S/C18H15NO4/c1-13-5-2-3-6-14(13)8-9-18(20)22-12-15-11-17(23-19-15)16-7-4-10-21-16/h2-11H,12H2,1H3/b9-8+. The first-order valence-electron chi connectivity index (χ1n) is 7.12. The molecule has 23 heavy (non-hydrogen) atoms. The third-order valence-electron chi connectivity index (χ3n) is 3.27. The van der Waals surface area contributed by atoms with Crippen molar-refractivity contribution >= 4 is 12.0 Å². The first-order chi connectivity index (χ1) is 11.2. The topological polar surface area (TPSA) is 65.5 Å². The Labute approximate surface area is 133 Å². The van der Waals surface area contributed by atoms with Gasteiger partial charge in [-0.3, -0.25) is 0 Å². The Morgan fingerprint density at radius 3 is 2.87 bits per heavy atom. The Kier molecular flexibility index (Phi) is 4.38. The van der Waals surface area contributed by atoms with Gasteiger partial charge >= 0.3 is 5.97 Å². The second-order valence-electron chi connectivity index (χ2n) is 4.96. The molecule has 5 heteroatoms. The van der Waals surface area contributed by atoms with Crippen LogP contribution in [0.5, 0.6) is 0 Å². The number of benzene rings is 1. The number of carbonyl (C=O) groups excluding carboxylic acids is 1. The summed E-state index contributed by atoms with van der Waals surface area (Å²) in [4.78, 5) is 11.8. The van der Waals surface area contributed by atoms with Gasteiger partial charge in [-0.05, 0) is 36.3 Å². The molecule has 5 nitrogen and oxygen atoms in total. The molecule has 3 aromatic rings. The van der Waals surface area contributed by atoms with Gasteiger partial charge in [-0.1, -0.05) is 29.4 Å². The van der Waals surface area contributed by atoms with Crippen LogP contribution in [0.1, 0.15) is 16.8 Å². The number of carbonyl (C=O) groups is 1. The molecule has 1 aromatic carbocycles. The van der Waals surface area contributed by atoms with Crippen LogP contribution < -0.4 is 0 Å². The lowest BCUT2D eigenvalue weighted by Gasteiger charge is -1.99. The summed E-state index contributed by atoms with van der Waals surface area (Å²) >= 11 is 0. The van der Waals surface area contributed by atoms with Gasteiger partial charge in [0.05, 0.1) is 6.26 Å².